The van der Waals surface area contributed by atoms with Gasteiger partial charge in [-0.25, -0.2) is 13.1 Å². The van der Waals surface area contributed by atoms with Crippen LogP contribution in [0.15, 0.2) is 66.7 Å². The molecule has 2 bridgehead atoms. The lowest BCUT2D eigenvalue weighted by Crippen LogP contribution is -2.71. The van der Waals surface area contributed by atoms with Crippen molar-refractivity contribution >= 4 is 32.7 Å². The summed E-state index contributed by atoms with van der Waals surface area (Å²) >= 11 is 0. The van der Waals surface area contributed by atoms with Gasteiger partial charge >= 0.3 is 6.18 Å². The lowest BCUT2D eigenvalue weighted by Gasteiger charge is -2.57. The molecule has 0 radical (unpaired) electrons. The molecule has 55 heavy (non-hydrogen) atoms. The number of carbonyl (C=O) groups is 2. The van der Waals surface area contributed by atoms with Crippen molar-refractivity contribution in [3.63, 3.8) is 0 Å². The van der Waals surface area contributed by atoms with Crippen LogP contribution in [0.4, 0.5) is 13.2 Å². The van der Waals surface area contributed by atoms with Crippen LogP contribution in [0.25, 0.3) is 22.2 Å². The summed E-state index contributed by atoms with van der Waals surface area (Å²) in [6, 6.07) is 21.8. The molecule has 13 heteroatoms. The predicted octanol–water partition coefficient (Wildman–Crippen LogP) is 7.35. The van der Waals surface area contributed by atoms with E-state index in [4.69, 9.17) is 4.74 Å². The number of hydrogen-bond acceptors (Lipinski definition) is 6. The quantitative estimate of drug-likeness (QED) is 0.191. The fourth-order valence-corrected chi connectivity index (χ4v) is 11.2. The molecule has 2 saturated carbocycles. The number of aromatic nitrogens is 1. The van der Waals surface area contributed by atoms with Crippen molar-refractivity contribution in [3.05, 3.63) is 89.0 Å². The molecule has 2 amide bonds. The molecular formula is C42H45F3N4O5S. The van der Waals surface area contributed by atoms with Gasteiger partial charge in [0.25, 0.3) is 5.91 Å². The van der Waals surface area contributed by atoms with Gasteiger partial charge in [-0.1, -0.05) is 55.7 Å². The SMILES string of the molecule is COc1ccc2c(c1)C1CC1(C(=O)N1C3CC1CN(Cc1ccccc1)C3)Cn1c-2c(C2CCCCC2)c2ccc(C(=O)NS(=O)(=O)CCC(F)(F)F)cc21. The zero-order chi connectivity index (χ0) is 38.3. The first-order chi connectivity index (χ1) is 26.3. The van der Waals surface area contributed by atoms with Crippen LogP contribution in [0.5, 0.6) is 5.75 Å². The number of halogens is 3. The number of nitrogens with one attached hydrogen (secondary N) is 1. The molecular weight excluding hydrogens is 730 g/mol. The summed E-state index contributed by atoms with van der Waals surface area (Å²) in [6.07, 6.45) is 0.756. The second-order valence-electron chi connectivity index (χ2n) is 16.3. The van der Waals surface area contributed by atoms with Crippen LogP contribution in [0.1, 0.15) is 90.3 Å². The minimum Gasteiger partial charge on any atom is -0.497 e. The number of ether oxygens (including phenoxy) is 1. The Bertz CT molecular complexity index is 2270. The van der Waals surface area contributed by atoms with E-state index in [9.17, 15) is 26.4 Å². The first-order valence-corrected chi connectivity index (χ1v) is 21.0. The predicted molar refractivity (Wildman–Crippen MR) is 202 cm³/mol. The molecule has 4 atom stereocenters. The van der Waals surface area contributed by atoms with Gasteiger partial charge in [0.2, 0.25) is 15.9 Å². The van der Waals surface area contributed by atoms with E-state index < -0.39 is 39.7 Å². The third kappa shape index (κ3) is 6.50. The Hall–Kier alpha value is -4.36. The summed E-state index contributed by atoms with van der Waals surface area (Å²) in [6.45, 7) is 2.87. The van der Waals surface area contributed by atoms with Gasteiger partial charge in [0.1, 0.15) is 5.75 Å². The smallest absolute Gasteiger partial charge is 0.390 e. The van der Waals surface area contributed by atoms with Gasteiger partial charge in [-0.15, -0.1) is 0 Å². The van der Waals surface area contributed by atoms with E-state index in [-0.39, 0.29) is 35.4 Å². The number of hydrogen-bond donors (Lipinski definition) is 1. The largest absolute Gasteiger partial charge is 0.497 e. The van der Waals surface area contributed by atoms with E-state index in [1.165, 1.54) is 11.1 Å². The van der Waals surface area contributed by atoms with Crippen LogP contribution in [0.2, 0.25) is 0 Å². The van der Waals surface area contributed by atoms with Crippen LogP contribution in [-0.2, 0) is 27.9 Å². The van der Waals surface area contributed by atoms with Crippen molar-refractivity contribution in [1.82, 2.24) is 19.1 Å². The van der Waals surface area contributed by atoms with Crippen LogP contribution >= 0.6 is 0 Å². The number of piperazine rings is 1. The highest BCUT2D eigenvalue weighted by atomic mass is 32.2. The van der Waals surface area contributed by atoms with Crippen molar-refractivity contribution in [1.29, 1.82) is 0 Å². The number of methoxy groups -OCH3 is 1. The molecule has 1 N–H and O–H groups in total. The zero-order valence-corrected chi connectivity index (χ0v) is 31.6. The van der Waals surface area contributed by atoms with Crippen LogP contribution in [0.3, 0.4) is 0 Å². The number of amides is 2. The highest BCUT2D eigenvalue weighted by molar-refractivity contribution is 7.90. The number of carbonyl (C=O) groups excluding carboxylic acids is 2. The molecule has 2 aliphatic carbocycles. The zero-order valence-electron chi connectivity index (χ0n) is 30.8. The fourth-order valence-electron chi connectivity index (χ4n) is 10.2. The van der Waals surface area contributed by atoms with Gasteiger partial charge in [0.05, 0.1) is 30.4 Å². The van der Waals surface area contributed by atoms with E-state index in [1.807, 2.05) is 22.9 Å². The highest BCUT2D eigenvalue weighted by Crippen LogP contribution is 2.67. The summed E-state index contributed by atoms with van der Waals surface area (Å²) in [4.78, 5) is 33.1. The maximum atomic E-state index is 15.1. The summed E-state index contributed by atoms with van der Waals surface area (Å²) in [5, 5.41) is 0.944. The van der Waals surface area contributed by atoms with Gasteiger partial charge in [0.15, 0.2) is 0 Å². The minimum absolute atomic E-state index is 0.0290. The second kappa shape index (κ2) is 13.4. The van der Waals surface area contributed by atoms with E-state index in [0.29, 0.717) is 13.0 Å². The number of sulfonamides is 1. The van der Waals surface area contributed by atoms with Gasteiger partial charge in [-0.05, 0) is 78.6 Å². The molecule has 5 fully saturated rings. The van der Waals surface area contributed by atoms with Crippen molar-refractivity contribution in [2.24, 2.45) is 5.41 Å². The van der Waals surface area contributed by atoms with Crippen molar-refractivity contribution in [2.45, 2.75) is 94.6 Å². The average molecular weight is 775 g/mol. The number of alkyl halides is 3. The molecule has 1 aromatic heterocycles. The molecule has 4 aliphatic heterocycles. The Kier molecular flexibility index (Phi) is 8.84. The topological polar surface area (TPSA) is 101 Å². The summed E-state index contributed by atoms with van der Waals surface area (Å²) in [7, 11) is -2.90. The molecule has 0 spiro atoms. The number of rotatable bonds is 9. The Morgan fingerprint density at radius 1 is 0.964 bits per heavy atom. The van der Waals surface area contributed by atoms with Gasteiger partial charge in [-0.3, -0.25) is 14.5 Å². The molecule has 10 rings (SSSR count). The Morgan fingerprint density at radius 3 is 2.42 bits per heavy atom. The van der Waals surface area contributed by atoms with Crippen molar-refractivity contribution in [3.8, 4) is 17.0 Å². The van der Waals surface area contributed by atoms with Crippen LogP contribution in [-0.4, -0.2) is 78.8 Å². The third-order valence-electron chi connectivity index (χ3n) is 12.9. The fraction of sp³-hybridized carbons (Fsp3) is 0.476. The van der Waals surface area contributed by atoms with E-state index in [1.54, 1.807) is 19.2 Å². The van der Waals surface area contributed by atoms with Gasteiger partial charge in [0, 0.05) is 66.2 Å². The Morgan fingerprint density at radius 2 is 1.71 bits per heavy atom. The summed E-state index contributed by atoms with van der Waals surface area (Å²) in [5.41, 5.74) is 5.59. The van der Waals surface area contributed by atoms with E-state index >= 15 is 4.79 Å². The Balaban J connectivity index is 1.11. The lowest BCUT2D eigenvalue weighted by atomic mass is 9.81. The highest BCUT2D eigenvalue weighted by Gasteiger charge is 2.66. The first-order valence-electron chi connectivity index (χ1n) is 19.4. The number of piperidine rings is 1. The molecule has 4 aromatic rings. The maximum Gasteiger partial charge on any atom is 0.390 e. The van der Waals surface area contributed by atoms with Crippen molar-refractivity contribution < 1.29 is 35.9 Å². The lowest BCUT2D eigenvalue weighted by molar-refractivity contribution is -0.161. The first kappa shape index (κ1) is 36.3. The van der Waals surface area contributed by atoms with Crippen molar-refractivity contribution in [2.75, 3.05) is 26.0 Å². The van der Waals surface area contributed by atoms with E-state index in [2.05, 4.69) is 50.8 Å². The number of benzene rings is 3. The standard InChI is InChI=1S/C42H45F3N4O5S/c1-54-31-13-15-32-34(20-31)35-21-41(35,40(51)49-29-19-30(49)24-47(23-29)22-26-8-4-2-5-9-26)25-48-36-18-28(39(50)46-55(52,53)17-16-42(43,44)45)12-14-33(36)37(38(32)48)27-10-6-3-7-11-27/h2,4-5,8-9,12-15,18,20,27,29-30,35H,3,6-7,10-11,16-17,19,21-25H2,1H3,(H,46,50). The molecule has 5 heterocycles. The minimum atomic E-state index is -4.68. The van der Waals surface area contributed by atoms with Gasteiger partial charge in [-0.2, -0.15) is 13.2 Å². The third-order valence-corrected chi connectivity index (χ3v) is 14.1. The number of nitrogens with zero attached hydrogens (tertiary/aromatic N) is 3. The molecule has 4 unspecified atom stereocenters. The molecule has 3 saturated heterocycles. The van der Waals surface area contributed by atoms with Crippen LogP contribution in [0, 0.1) is 5.41 Å². The molecule has 290 valence electrons. The number of fused-ring (bicyclic) bond motifs is 9. The monoisotopic (exact) mass is 774 g/mol. The average Bonchev–Trinajstić information content (AvgIpc) is 3.84. The molecule has 9 nitrogen and oxygen atoms in total. The second-order valence-corrected chi connectivity index (χ2v) is 18.2. The summed E-state index contributed by atoms with van der Waals surface area (Å²) in [5.74, 6) is -1.14. The molecule has 6 aliphatic rings. The molecule has 3 aromatic carbocycles. The summed E-state index contributed by atoms with van der Waals surface area (Å²) < 4.78 is 73.5. The maximum absolute atomic E-state index is 15.1. The van der Waals surface area contributed by atoms with E-state index in [0.717, 1.165) is 91.6 Å². The Labute approximate surface area is 318 Å². The van der Waals surface area contributed by atoms with Crippen LogP contribution < -0.4 is 9.46 Å². The van der Waals surface area contributed by atoms with Gasteiger partial charge < -0.3 is 14.2 Å². The normalized spacial score (nSPS) is 24.9.